The summed E-state index contributed by atoms with van der Waals surface area (Å²) in [5.74, 6) is 0.797. The monoisotopic (exact) mass is 288 g/mol. The summed E-state index contributed by atoms with van der Waals surface area (Å²) in [7, 11) is 0. The molecule has 1 aromatic rings. The van der Waals surface area contributed by atoms with Crippen molar-refractivity contribution in [1.29, 1.82) is 0 Å². The van der Waals surface area contributed by atoms with Crippen LogP contribution in [0.3, 0.4) is 0 Å². The van der Waals surface area contributed by atoms with Crippen molar-refractivity contribution >= 4 is 5.91 Å². The van der Waals surface area contributed by atoms with Crippen LogP contribution in [0.2, 0.25) is 0 Å². The van der Waals surface area contributed by atoms with Gasteiger partial charge in [0.05, 0.1) is 6.42 Å². The van der Waals surface area contributed by atoms with Crippen LogP contribution in [0.25, 0.3) is 0 Å². The number of nitrogens with two attached hydrogens (primary N) is 1. The zero-order chi connectivity index (χ0) is 15.1. The Morgan fingerprint density at radius 3 is 2.52 bits per heavy atom. The Morgan fingerprint density at radius 1 is 1.24 bits per heavy atom. The summed E-state index contributed by atoms with van der Waals surface area (Å²) in [6.45, 7) is 2.66. The average molecular weight is 288 g/mol. The van der Waals surface area contributed by atoms with E-state index in [-0.39, 0.29) is 5.91 Å². The third-order valence-electron chi connectivity index (χ3n) is 4.69. The summed E-state index contributed by atoms with van der Waals surface area (Å²) in [6.07, 6.45) is 7.97. The third-order valence-corrected chi connectivity index (χ3v) is 4.69. The van der Waals surface area contributed by atoms with E-state index in [1.807, 2.05) is 24.3 Å². The van der Waals surface area contributed by atoms with Crippen molar-refractivity contribution in [2.75, 3.05) is 0 Å². The van der Waals surface area contributed by atoms with Crippen molar-refractivity contribution in [3.05, 3.63) is 35.4 Å². The molecule has 1 aromatic carbocycles. The summed E-state index contributed by atoms with van der Waals surface area (Å²) in [6, 6.07) is 8.29. The normalized spacial score (nSPS) is 17.4. The second kappa shape index (κ2) is 8.18. The highest BCUT2D eigenvalue weighted by Crippen LogP contribution is 2.27. The second-order valence-electron chi connectivity index (χ2n) is 6.13. The van der Waals surface area contributed by atoms with Crippen molar-refractivity contribution in [1.82, 2.24) is 5.32 Å². The Balaban J connectivity index is 1.93. The smallest absolute Gasteiger partial charge is 0.224 e. The van der Waals surface area contributed by atoms with Gasteiger partial charge >= 0.3 is 0 Å². The van der Waals surface area contributed by atoms with Gasteiger partial charge in [-0.05, 0) is 36.3 Å². The lowest BCUT2D eigenvalue weighted by Gasteiger charge is -2.30. The van der Waals surface area contributed by atoms with Gasteiger partial charge in [-0.25, -0.2) is 0 Å². The molecule has 1 amide bonds. The molecule has 3 heteroatoms. The zero-order valence-electron chi connectivity index (χ0n) is 13.1. The van der Waals surface area contributed by atoms with Gasteiger partial charge in [0, 0.05) is 12.6 Å². The van der Waals surface area contributed by atoms with E-state index in [2.05, 4.69) is 12.2 Å². The van der Waals surface area contributed by atoms with Crippen LogP contribution in [0, 0.1) is 5.92 Å². The molecule has 1 saturated carbocycles. The van der Waals surface area contributed by atoms with E-state index >= 15 is 0 Å². The molecule has 1 aliphatic carbocycles. The summed E-state index contributed by atoms with van der Waals surface area (Å²) < 4.78 is 0. The van der Waals surface area contributed by atoms with Crippen LogP contribution < -0.4 is 11.1 Å². The number of carbonyl (C=O) groups excluding carboxylic acids is 1. The number of hydrogen-bond acceptors (Lipinski definition) is 2. The van der Waals surface area contributed by atoms with Crippen LogP contribution in [0.15, 0.2) is 24.3 Å². The van der Waals surface area contributed by atoms with E-state index in [0.29, 0.717) is 24.9 Å². The van der Waals surface area contributed by atoms with Gasteiger partial charge in [0.15, 0.2) is 0 Å². The molecule has 116 valence electrons. The van der Waals surface area contributed by atoms with Gasteiger partial charge in [-0.3, -0.25) is 4.79 Å². The lowest BCUT2D eigenvalue weighted by atomic mass is 9.83. The maximum Gasteiger partial charge on any atom is 0.224 e. The molecule has 0 radical (unpaired) electrons. The van der Waals surface area contributed by atoms with Crippen LogP contribution in [0.4, 0.5) is 0 Å². The maximum absolute atomic E-state index is 12.3. The minimum Gasteiger partial charge on any atom is -0.353 e. The van der Waals surface area contributed by atoms with Crippen LogP contribution in [-0.4, -0.2) is 11.9 Å². The fraction of sp³-hybridized carbons (Fsp3) is 0.611. The van der Waals surface area contributed by atoms with Gasteiger partial charge in [-0.2, -0.15) is 0 Å². The molecule has 0 heterocycles. The largest absolute Gasteiger partial charge is 0.353 e. The highest BCUT2D eigenvalue weighted by Gasteiger charge is 2.23. The number of rotatable bonds is 6. The first-order valence-electron chi connectivity index (χ1n) is 8.30. The molecule has 2 rings (SSSR count). The molecule has 1 unspecified atom stereocenters. The van der Waals surface area contributed by atoms with Gasteiger partial charge in [0.2, 0.25) is 5.91 Å². The number of nitrogens with one attached hydrogen (secondary N) is 1. The van der Waals surface area contributed by atoms with E-state index in [4.69, 9.17) is 5.73 Å². The van der Waals surface area contributed by atoms with Gasteiger partial charge in [0.1, 0.15) is 0 Å². The Bertz CT molecular complexity index is 452. The summed E-state index contributed by atoms with van der Waals surface area (Å²) in [5.41, 5.74) is 7.86. The number of amides is 1. The van der Waals surface area contributed by atoms with Crippen molar-refractivity contribution in [3.63, 3.8) is 0 Å². The van der Waals surface area contributed by atoms with E-state index < -0.39 is 0 Å². The quantitative estimate of drug-likeness (QED) is 0.845. The highest BCUT2D eigenvalue weighted by atomic mass is 16.1. The second-order valence-corrected chi connectivity index (χ2v) is 6.13. The van der Waals surface area contributed by atoms with E-state index in [1.165, 1.54) is 32.1 Å². The molecular formula is C18H28N2O. The lowest BCUT2D eigenvalue weighted by Crippen LogP contribution is -2.41. The molecule has 0 spiro atoms. The summed E-state index contributed by atoms with van der Waals surface area (Å²) in [4.78, 5) is 12.3. The van der Waals surface area contributed by atoms with Crippen LogP contribution in [0.1, 0.15) is 56.6 Å². The van der Waals surface area contributed by atoms with Gasteiger partial charge in [0.25, 0.3) is 0 Å². The first-order valence-corrected chi connectivity index (χ1v) is 8.30. The van der Waals surface area contributed by atoms with Crippen LogP contribution in [0.5, 0.6) is 0 Å². The Hall–Kier alpha value is -1.35. The summed E-state index contributed by atoms with van der Waals surface area (Å²) in [5, 5.41) is 3.26. The molecule has 3 nitrogen and oxygen atoms in total. The Labute approximate surface area is 128 Å². The minimum atomic E-state index is 0.133. The standard InChI is InChI=1S/C18H28N2O/c1-2-17(14-8-4-3-5-9-14)20-18(21)12-15-10-6-7-11-16(15)13-19/h6-7,10-11,14,17H,2-5,8-9,12-13,19H2,1H3,(H,20,21). The molecule has 21 heavy (non-hydrogen) atoms. The van der Waals surface area contributed by atoms with E-state index in [9.17, 15) is 4.79 Å². The Kier molecular flexibility index (Phi) is 6.24. The van der Waals surface area contributed by atoms with Gasteiger partial charge in [-0.1, -0.05) is 50.5 Å². The van der Waals surface area contributed by atoms with Crippen LogP contribution >= 0.6 is 0 Å². The Morgan fingerprint density at radius 2 is 1.90 bits per heavy atom. The summed E-state index contributed by atoms with van der Waals surface area (Å²) >= 11 is 0. The molecule has 0 aliphatic heterocycles. The number of benzene rings is 1. The number of hydrogen-bond donors (Lipinski definition) is 2. The molecule has 0 bridgehead atoms. The third kappa shape index (κ3) is 4.57. The van der Waals surface area contributed by atoms with E-state index in [0.717, 1.165) is 17.5 Å². The first kappa shape index (κ1) is 16.0. The predicted octanol–water partition coefficient (Wildman–Crippen LogP) is 3.16. The molecule has 1 atom stereocenters. The van der Waals surface area contributed by atoms with Crippen molar-refractivity contribution in [2.45, 2.75) is 64.5 Å². The minimum absolute atomic E-state index is 0.133. The molecule has 3 N–H and O–H groups in total. The van der Waals surface area contributed by atoms with Crippen molar-refractivity contribution < 1.29 is 4.79 Å². The van der Waals surface area contributed by atoms with Gasteiger partial charge < -0.3 is 11.1 Å². The lowest BCUT2D eigenvalue weighted by molar-refractivity contribution is -0.121. The average Bonchev–Trinajstić information content (AvgIpc) is 2.54. The van der Waals surface area contributed by atoms with Gasteiger partial charge in [-0.15, -0.1) is 0 Å². The molecule has 0 saturated heterocycles. The van der Waals surface area contributed by atoms with Crippen molar-refractivity contribution in [3.8, 4) is 0 Å². The topological polar surface area (TPSA) is 55.1 Å². The fourth-order valence-corrected chi connectivity index (χ4v) is 3.45. The fourth-order valence-electron chi connectivity index (χ4n) is 3.45. The maximum atomic E-state index is 12.3. The van der Waals surface area contributed by atoms with Crippen molar-refractivity contribution in [2.24, 2.45) is 11.7 Å². The highest BCUT2D eigenvalue weighted by molar-refractivity contribution is 5.79. The molecular weight excluding hydrogens is 260 g/mol. The van der Waals surface area contributed by atoms with E-state index in [1.54, 1.807) is 0 Å². The predicted molar refractivity (Wildman–Crippen MR) is 86.8 cm³/mol. The zero-order valence-corrected chi connectivity index (χ0v) is 13.1. The molecule has 1 aliphatic rings. The first-order chi connectivity index (χ1) is 10.2. The number of carbonyl (C=O) groups is 1. The van der Waals surface area contributed by atoms with Crippen LogP contribution in [-0.2, 0) is 17.8 Å². The SMILES string of the molecule is CCC(NC(=O)Cc1ccccc1CN)C1CCCCC1. The molecule has 1 fully saturated rings. The molecule has 0 aromatic heterocycles.